The molecule has 4 aromatic carbocycles. The topological polar surface area (TPSA) is 25.8 Å². The van der Waals surface area contributed by atoms with Gasteiger partial charge in [-0.15, -0.1) is 59.7 Å². The van der Waals surface area contributed by atoms with Crippen molar-refractivity contribution in [1.29, 1.82) is 0 Å². The van der Waals surface area contributed by atoms with Crippen LogP contribution in [-0.4, -0.2) is 18.0 Å². The number of rotatable bonds is 6. The summed E-state index contributed by atoms with van der Waals surface area (Å²) >= 11 is 1.85. The molecule has 47 heavy (non-hydrogen) atoms. The van der Waals surface area contributed by atoms with E-state index in [2.05, 4.69) is 143 Å². The fourth-order valence-corrected chi connectivity index (χ4v) is 9.10. The van der Waals surface area contributed by atoms with E-state index in [-0.39, 0.29) is 20.1 Å². The summed E-state index contributed by atoms with van der Waals surface area (Å²) in [5.74, 6) is 0.628. The SMILES string of the molecule is CC(C)Cc1ccnc(-c2[c-]ccc3c2sc2c(-c4ccccc4)cccc23)c1.Cc1cc(-c2[c-]cccc2)ncc1[Si](C)(C)C.[Ir]. The third-order valence-electron chi connectivity index (χ3n) is 8.17. The van der Waals surface area contributed by atoms with Crippen LogP contribution in [0.2, 0.25) is 19.6 Å². The van der Waals surface area contributed by atoms with E-state index in [4.69, 9.17) is 4.98 Å². The molecular formula is C42H40IrN2SSi-2. The molecule has 2 nitrogen and oxygen atoms in total. The van der Waals surface area contributed by atoms with Crippen molar-refractivity contribution in [2.45, 2.75) is 46.8 Å². The molecule has 0 aliphatic heterocycles. The monoisotopic (exact) mass is 825 g/mol. The minimum absolute atomic E-state index is 0. The first kappa shape index (κ1) is 34.6. The van der Waals surface area contributed by atoms with Crippen molar-refractivity contribution in [3.8, 4) is 33.6 Å². The Bertz CT molecular complexity index is 2100. The Hall–Kier alpha value is -3.73. The maximum atomic E-state index is 4.69. The van der Waals surface area contributed by atoms with E-state index < -0.39 is 8.07 Å². The standard InChI is InChI=1S/C27H22NS.C15H18NSi.Ir/c1-18(2)16-19-14-15-28-25(17-19)24-13-7-12-23-22-11-6-10-21(26(22)29-27(23)24)20-8-4-3-5-9-20;1-12-10-14(13-8-6-5-7-9-13)16-11-15(12)17(2,3)4;/h3-12,14-15,17-18H,16H2,1-2H3;5-8,10-11H,1-4H3;/q2*-1;. The minimum Gasteiger partial charge on any atom is -0.305 e. The Balaban J connectivity index is 0.000000207. The van der Waals surface area contributed by atoms with Gasteiger partial charge >= 0.3 is 0 Å². The van der Waals surface area contributed by atoms with Crippen molar-refractivity contribution < 1.29 is 20.1 Å². The van der Waals surface area contributed by atoms with E-state index in [1.54, 1.807) is 0 Å². The summed E-state index contributed by atoms with van der Waals surface area (Å²) in [6.07, 6.45) is 5.05. The number of hydrogen-bond donors (Lipinski definition) is 0. The molecule has 0 spiro atoms. The first-order valence-corrected chi connectivity index (χ1v) is 20.3. The summed E-state index contributed by atoms with van der Waals surface area (Å²) < 4.78 is 2.59. The number of hydrogen-bond acceptors (Lipinski definition) is 3. The van der Waals surface area contributed by atoms with Gasteiger partial charge in [0.05, 0.1) is 8.07 Å². The summed E-state index contributed by atoms with van der Waals surface area (Å²) in [6.45, 7) is 13.7. The molecule has 239 valence electrons. The van der Waals surface area contributed by atoms with Gasteiger partial charge < -0.3 is 9.97 Å². The molecule has 0 bridgehead atoms. The smallest absolute Gasteiger partial charge is 0.0798 e. The molecular weight excluding hydrogens is 785 g/mol. The van der Waals surface area contributed by atoms with Crippen LogP contribution in [-0.2, 0) is 26.5 Å². The molecule has 0 aliphatic carbocycles. The Kier molecular flexibility index (Phi) is 11.0. The van der Waals surface area contributed by atoms with Crippen LogP contribution in [0, 0.1) is 25.0 Å². The van der Waals surface area contributed by atoms with Crippen molar-refractivity contribution in [2.24, 2.45) is 5.92 Å². The van der Waals surface area contributed by atoms with Crippen LogP contribution in [0.4, 0.5) is 0 Å². The number of thiophene rings is 1. The van der Waals surface area contributed by atoms with Crippen LogP contribution in [0.25, 0.3) is 53.8 Å². The van der Waals surface area contributed by atoms with Gasteiger partial charge in [0, 0.05) is 37.2 Å². The second kappa shape index (κ2) is 15.0. The Morgan fingerprint density at radius 2 is 1.51 bits per heavy atom. The molecule has 1 radical (unpaired) electrons. The summed E-state index contributed by atoms with van der Waals surface area (Å²) in [5, 5.41) is 4.03. The number of aromatic nitrogens is 2. The molecule has 5 heteroatoms. The molecule has 0 aliphatic rings. The molecule has 0 unspecified atom stereocenters. The second-order valence-electron chi connectivity index (χ2n) is 13.3. The third-order valence-corrected chi connectivity index (χ3v) is 11.6. The molecule has 0 saturated carbocycles. The number of nitrogens with zero attached hydrogens (tertiary/aromatic N) is 2. The van der Waals surface area contributed by atoms with Gasteiger partial charge in [-0.1, -0.05) is 111 Å². The first-order valence-electron chi connectivity index (χ1n) is 16.0. The molecule has 7 aromatic rings. The third kappa shape index (κ3) is 7.88. The van der Waals surface area contributed by atoms with Gasteiger partial charge in [-0.3, -0.25) is 0 Å². The average molecular weight is 825 g/mol. The zero-order chi connectivity index (χ0) is 32.3. The van der Waals surface area contributed by atoms with Crippen molar-refractivity contribution >= 4 is 44.8 Å². The van der Waals surface area contributed by atoms with Crippen molar-refractivity contribution in [3.63, 3.8) is 0 Å². The van der Waals surface area contributed by atoms with Gasteiger partial charge in [-0.05, 0) is 63.1 Å². The molecule has 7 rings (SSSR count). The Morgan fingerprint density at radius 1 is 0.745 bits per heavy atom. The van der Waals surface area contributed by atoms with E-state index >= 15 is 0 Å². The van der Waals surface area contributed by atoms with Crippen LogP contribution in [0.1, 0.15) is 25.0 Å². The molecule has 3 aromatic heterocycles. The van der Waals surface area contributed by atoms with Crippen molar-refractivity contribution in [1.82, 2.24) is 9.97 Å². The second-order valence-corrected chi connectivity index (χ2v) is 19.4. The van der Waals surface area contributed by atoms with Crippen LogP contribution in [0.15, 0.2) is 116 Å². The number of benzene rings is 4. The number of aryl methyl sites for hydroxylation is 1. The molecule has 0 fully saturated rings. The van der Waals surface area contributed by atoms with Gasteiger partial charge in [-0.25, -0.2) is 0 Å². The zero-order valence-corrected chi connectivity index (χ0v) is 32.1. The molecule has 0 atom stereocenters. The van der Waals surface area contributed by atoms with Gasteiger partial charge in [-0.2, -0.15) is 11.3 Å². The van der Waals surface area contributed by atoms with Crippen LogP contribution in [0.5, 0.6) is 0 Å². The van der Waals surface area contributed by atoms with Crippen LogP contribution < -0.4 is 5.19 Å². The normalized spacial score (nSPS) is 11.3. The summed E-state index contributed by atoms with van der Waals surface area (Å²) in [4.78, 5) is 9.27. The predicted molar refractivity (Wildman–Crippen MR) is 202 cm³/mol. The number of fused-ring (bicyclic) bond motifs is 3. The van der Waals surface area contributed by atoms with Gasteiger partial charge in [0.1, 0.15) is 0 Å². The Morgan fingerprint density at radius 3 is 2.21 bits per heavy atom. The predicted octanol–water partition coefficient (Wildman–Crippen LogP) is 11.2. The van der Waals surface area contributed by atoms with E-state index in [1.165, 1.54) is 47.6 Å². The minimum atomic E-state index is -1.27. The number of pyridine rings is 2. The van der Waals surface area contributed by atoms with Gasteiger partial charge in [0.2, 0.25) is 0 Å². The van der Waals surface area contributed by atoms with Crippen LogP contribution in [0.3, 0.4) is 0 Å². The maximum Gasteiger partial charge on any atom is 0.0798 e. The fourth-order valence-electron chi connectivity index (χ4n) is 6.05. The largest absolute Gasteiger partial charge is 0.305 e. The maximum absolute atomic E-state index is 4.69. The Labute approximate surface area is 298 Å². The van der Waals surface area contributed by atoms with Gasteiger partial charge in [0.15, 0.2) is 0 Å². The quantitative estimate of drug-likeness (QED) is 0.123. The van der Waals surface area contributed by atoms with E-state index in [0.29, 0.717) is 5.92 Å². The van der Waals surface area contributed by atoms with E-state index in [9.17, 15) is 0 Å². The average Bonchev–Trinajstić information content (AvgIpc) is 3.44. The zero-order valence-electron chi connectivity index (χ0n) is 27.9. The van der Waals surface area contributed by atoms with E-state index in [1.807, 2.05) is 41.8 Å². The first-order chi connectivity index (χ1) is 22.2. The summed E-state index contributed by atoms with van der Waals surface area (Å²) in [6, 6.07) is 42.7. The van der Waals surface area contributed by atoms with Crippen molar-refractivity contribution in [2.75, 3.05) is 0 Å². The van der Waals surface area contributed by atoms with Gasteiger partial charge in [0.25, 0.3) is 0 Å². The molecule has 0 saturated heterocycles. The molecule has 0 amide bonds. The molecule has 0 N–H and O–H groups in total. The summed E-state index contributed by atoms with van der Waals surface area (Å²) in [7, 11) is -1.27. The summed E-state index contributed by atoms with van der Waals surface area (Å²) in [5.41, 5.74) is 9.44. The fraction of sp³-hybridized carbons (Fsp3) is 0.190. The van der Waals surface area contributed by atoms with Crippen LogP contribution >= 0.6 is 11.3 Å². The van der Waals surface area contributed by atoms with Crippen molar-refractivity contribution in [3.05, 3.63) is 139 Å². The molecule has 3 heterocycles. The van der Waals surface area contributed by atoms with E-state index in [0.717, 1.165) is 28.9 Å².